The van der Waals surface area contributed by atoms with Gasteiger partial charge in [-0.3, -0.25) is 9.69 Å². The van der Waals surface area contributed by atoms with Gasteiger partial charge in [0.2, 0.25) is 10.0 Å². The van der Waals surface area contributed by atoms with Crippen LogP contribution in [0.15, 0.2) is 47.4 Å². The highest BCUT2D eigenvalue weighted by molar-refractivity contribution is 7.89. The summed E-state index contributed by atoms with van der Waals surface area (Å²) in [6.45, 7) is 7.48. The number of hydrogen-bond donors (Lipinski definition) is 2. The number of carbonyl (C=O) groups excluding carboxylic acids is 1. The van der Waals surface area contributed by atoms with Crippen molar-refractivity contribution in [2.75, 3.05) is 20.1 Å². The Kier molecular flexibility index (Phi) is 8.00. The van der Waals surface area contributed by atoms with Crippen molar-refractivity contribution >= 4 is 27.5 Å². The first-order valence-electron chi connectivity index (χ1n) is 9.12. The molecule has 0 bridgehead atoms. The number of benzene rings is 2. The molecule has 2 rings (SSSR count). The second-order valence-electron chi connectivity index (χ2n) is 6.31. The van der Waals surface area contributed by atoms with E-state index in [1.807, 2.05) is 24.3 Å². The quantitative estimate of drug-likeness (QED) is 0.649. The van der Waals surface area contributed by atoms with Crippen LogP contribution >= 0.6 is 11.6 Å². The Morgan fingerprint density at radius 2 is 1.64 bits per heavy atom. The molecule has 2 aromatic rings. The minimum atomic E-state index is -3.65. The zero-order valence-corrected chi connectivity index (χ0v) is 17.9. The van der Waals surface area contributed by atoms with Crippen LogP contribution in [-0.2, 0) is 23.1 Å². The van der Waals surface area contributed by atoms with Gasteiger partial charge in [0.05, 0.1) is 15.5 Å². The minimum absolute atomic E-state index is 0.00898. The monoisotopic (exact) mass is 423 g/mol. The summed E-state index contributed by atoms with van der Waals surface area (Å²) < 4.78 is 26.1. The van der Waals surface area contributed by atoms with E-state index in [1.54, 1.807) is 0 Å². The molecular formula is C20H26ClN3O3S. The van der Waals surface area contributed by atoms with E-state index in [9.17, 15) is 13.2 Å². The predicted octanol–water partition coefficient (Wildman–Crippen LogP) is 3.02. The molecule has 0 unspecified atom stereocenters. The maximum Gasteiger partial charge on any atom is 0.253 e. The van der Waals surface area contributed by atoms with Crippen LogP contribution in [0.4, 0.5) is 0 Å². The highest BCUT2D eigenvalue weighted by atomic mass is 35.5. The van der Waals surface area contributed by atoms with Crippen LogP contribution in [-0.4, -0.2) is 39.4 Å². The summed E-state index contributed by atoms with van der Waals surface area (Å²) in [5.74, 6) is -0.426. The van der Waals surface area contributed by atoms with Gasteiger partial charge in [0.25, 0.3) is 5.91 Å². The van der Waals surface area contributed by atoms with Crippen molar-refractivity contribution in [3.8, 4) is 0 Å². The molecule has 1 amide bonds. The average molecular weight is 424 g/mol. The number of halogens is 1. The summed E-state index contributed by atoms with van der Waals surface area (Å²) >= 11 is 6.08. The lowest BCUT2D eigenvalue weighted by molar-refractivity contribution is 0.0951. The van der Waals surface area contributed by atoms with Gasteiger partial charge < -0.3 is 5.32 Å². The zero-order chi connectivity index (χ0) is 20.7. The average Bonchev–Trinajstić information content (AvgIpc) is 2.71. The highest BCUT2D eigenvalue weighted by Crippen LogP contribution is 2.20. The Morgan fingerprint density at radius 1 is 1.04 bits per heavy atom. The van der Waals surface area contributed by atoms with Crippen molar-refractivity contribution in [2.45, 2.75) is 31.8 Å². The summed E-state index contributed by atoms with van der Waals surface area (Å²) in [6, 6.07) is 12.1. The molecule has 0 saturated carbocycles. The third kappa shape index (κ3) is 5.78. The fraction of sp³-hybridized carbons (Fsp3) is 0.350. The smallest absolute Gasteiger partial charge is 0.253 e. The molecule has 0 aromatic heterocycles. The van der Waals surface area contributed by atoms with Crippen LogP contribution in [0.25, 0.3) is 0 Å². The summed E-state index contributed by atoms with van der Waals surface area (Å²) in [5, 5.41) is 2.98. The molecule has 28 heavy (non-hydrogen) atoms. The van der Waals surface area contributed by atoms with Crippen molar-refractivity contribution < 1.29 is 13.2 Å². The van der Waals surface area contributed by atoms with Crippen LogP contribution in [0, 0.1) is 0 Å². The number of nitrogens with one attached hydrogen (secondary N) is 2. The topological polar surface area (TPSA) is 78.5 Å². The maximum absolute atomic E-state index is 12.5. The van der Waals surface area contributed by atoms with Gasteiger partial charge in [0.1, 0.15) is 0 Å². The molecule has 2 aromatic carbocycles. The lowest BCUT2D eigenvalue weighted by Crippen LogP contribution is -2.24. The Bertz CT molecular complexity index is 911. The molecule has 152 valence electrons. The second kappa shape index (κ2) is 10.0. The van der Waals surface area contributed by atoms with Crippen molar-refractivity contribution in [2.24, 2.45) is 0 Å². The van der Waals surface area contributed by atoms with E-state index in [0.717, 1.165) is 25.2 Å². The molecule has 0 heterocycles. The summed E-state index contributed by atoms with van der Waals surface area (Å²) in [6.07, 6.45) is 0. The van der Waals surface area contributed by atoms with Crippen LogP contribution in [0.1, 0.15) is 35.3 Å². The first-order valence-corrected chi connectivity index (χ1v) is 11.0. The molecule has 0 radical (unpaired) electrons. The number of nitrogens with zero attached hydrogens (tertiary/aromatic N) is 1. The highest BCUT2D eigenvalue weighted by Gasteiger charge is 2.17. The number of amides is 1. The third-order valence-electron chi connectivity index (χ3n) is 4.54. The van der Waals surface area contributed by atoms with E-state index in [2.05, 4.69) is 28.8 Å². The minimum Gasteiger partial charge on any atom is -0.348 e. The Labute approximate surface area is 171 Å². The first-order chi connectivity index (χ1) is 13.3. The van der Waals surface area contributed by atoms with E-state index in [0.29, 0.717) is 6.54 Å². The number of sulfonamides is 1. The summed E-state index contributed by atoms with van der Waals surface area (Å²) in [4.78, 5) is 14.8. The fourth-order valence-corrected chi connectivity index (χ4v) is 3.67. The molecule has 8 heteroatoms. The first kappa shape index (κ1) is 22.4. The van der Waals surface area contributed by atoms with Crippen molar-refractivity contribution in [3.63, 3.8) is 0 Å². The zero-order valence-electron chi connectivity index (χ0n) is 16.3. The fourth-order valence-electron chi connectivity index (χ4n) is 2.71. The molecule has 0 saturated heterocycles. The van der Waals surface area contributed by atoms with Gasteiger partial charge in [-0.05, 0) is 49.5 Å². The van der Waals surface area contributed by atoms with Crippen LogP contribution in [0.5, 0.6) is 0 Å². The Morgan fingerprint density at radius 3 is 2.21 bits per heavy atom. The summed E-state index contributed by atoms with van der Waals surface area (Å²) in [7, 11) is -2.34. The number of rotatable bonds is 9. The molecule has 0 aliphatic heterocycles. The molecule has 0 aliphatic carbocycles. The molecule has 6 nitrogen and oxygen atoms in total. The SMILES string of the molecule is CCN(CC)Cc1ccc(CNC(=O)c2cc(S(=O)(=O)NC)ccc2Cl)cc1. The Balaban J connectivity index is 2.05. The van der Waals surface area contributed by atoms with Gasteiger partial charge in [-0.15, -0.1) is 0 Å². The van der Waals surface area contributed by atoms with Gasteiger partial charge >= 0.3 is 0 Å². The van der Waals surface area contributed by atoms with Crippen molar-refractivity contribution in [3.05, 3.63) is 64.2 Å². The van der Waals surface area contributed by atoms with Crippen LogP contribution in [0.2, 0.25) is 5.02 Å². The Hall–Kier alpha value is -1.93. The van der Waals surface area contributed by atoms with Gasteiger partial charge in [0, 0.05) is 13.1 Å². The van der Waals surface area contributed by atoms with E-state index >= 15 is 0 Å². The maximum atomic E-state index is 12.5. The second-order valence-corrected chi connectivity index (χ2v) is 8.60. The third-order valence-corrected chi connectivity index (χ3v) is 6.28. The lowest BCUT2D eigenvalue weighted by atomic mass is 10.1. The van der Waals surface area contributed by atoms with E-state index in [4.69, 9.17) is 11.6 Å². The van der Waals surface area contributed by atoms with Crippen LogP contribution < -0.4 is 10.0 Å². The van der Waals surface area contributed by atoms with Gasteiger partial charge in [-0.25, -0.2) is 13.1 Å². The van der Waals surface area contributed by atoms with E-state index < -0.39 is 15.9 Å². The van der Waals surface area contributed by atoms with Crippen molar-refractivity contribution in [1.29, 1.82) is 0 Å². The molecule has 0 fully saturated rings. The standard InChI is InChI=1S/C20H26ClN3O3S/c1-4-24(5-2)14-16-8-6-15(7-9-16)13-23-20(25)18-12-17(10-11-19(18)21)28(26,27)22-3/h6-12,22H,4-5,13-14H2,1-3H3,(H,23,25). The summed E-state index contributed by atoms with van der Waals surface area (Å²) in [5.41, 5.74) is 2.29. The van der Waals surface area contributed by atoms with Crippen molar-refractivity contribution in [1.82, 2.24) is 14.9 Å². The largest absolute Gasteiger partial charge is 0.348 e. The molecule has 0 aliphatic rings. The molecular weight excluding hydrogens is 398 g/mol. The molecule has 2 N–H and O–H groups in total. The number of carbonyl (C=O) groups is 1. The van der Waals surface area contributed by atoms with Gasteiger partial charge in [0.15, 0.2) is 0 Å². The van der Waals surface area contributed by atoms with Crippen LogP contribution in [0.3, 0.4) is 0 Å². The van der Waals surface area contributed by atoms with Gasteiger partial charge in [-0.1, -0.05) is 49.7 Å². The molecule has 0 spiro atoms. The molecule has 0 atom stereocenters. The van der Waals surface area contributed by atoms with E-state index in [-0.39, 0.29) is 15.5 Å². The van der Waals surface area contributed by atoms with Gasteiger partial charge in [-0.2, -0.15) is 0 Å². The number of hydrogen-bond acceptors (Lipinski definition) is 4. The lowest BCUT2D eigenvalue weighted by Gasteiger charge is -2.18. The normalized spacial score (nSPS) is 11.6. The van der Waals surface area contributed by atoms with E-state index in [1.165, 1.54) is 30.8 Å². The predicted molar refractivity (Wildman–Crippen MR) is 112 cm³/mol.